The van der Waals surface area contributed by atoms with Gasteiger partial charge < -0.3 is 14.3 Å². The number of fused-ring (bicyclic) bond motifs is 8. The van der Waals surface area contributed by atoms with Crippen molar-refractivity contribution in [2.24, 2.45) is 0 Å². The predicted octanol–water partition coefficient (Wildman–Crippen LogP) is 12.4. The van der Waals surface area contributed by atoms with E-state index in [0.717, 1.165) is 27.8 Å². The van der Waals surface area contributed by atoms with E-state index in [1.807, 2.05) is 11.8 Å². The number of hydrogen-bond acceptors (Lipinski definition) is 3. The predicted molar refractivity (Wildman–Crippen MR) is 198 cm³/mol. The molecular weight excluding hydrogens is 593 g/mol. The van der Waals surface area contributed by atoms with Crippen LogP contribution in [0.25, 0.3) is 77.1 Å². The van der Waals surface area contributed by atoms with E-state index in [0.29, 0.717) is 0 Å². The Labute approximate surface area is 276 Å². The third-order valence-corrected chi connectivity index (χ3v) is 10.7. The highest BCUT2D eigenvalue weighted by Gasteiger charge is 2.30. The van der Waals surface area contributed by atoms with Crippen LogP contribution in [0, 0.1) is 0 Å². The highest BCUT2D eigenvalue weighted by atomic mass is 32.2. The number of furan rings is 1. The van der Waals surface area contributed by atoms with Crippen molar-refractivity contribution in [3.63, 3.8) is 0 Å². The van der Waals surface area contributed by atoms with E-state index in [1.165, 1.54) is 59.9 Å². The van der Waals surface area contributed by atoms with Gasteiger partial charge in [0.15, 0.2) is 5.50 Å². The Kier molecular flexibility index (Phi) is 5.87. The number of benzene rings is 7. The fourth-order valence-electron chi connectivity index (χ4n) is 7.29. The molecular formula is C43H28N2OS. The van der Waals surface area contributed by atoms with Crippen molar-refractivity contribution >= 4 is 61.2 Å². The molecule has 1 aliphatic rings. The lowest BCUT2D eigenvalue weighted by molar-refractivity contribution is 0.668. The summed E-state index contributed by atoms with van der Waals surface area (Å²) in [5.74, 6) is 0. The second-order valence-corrected chi connectivity index (χ2v) is 13.2. The van der Waals surface area contributed by atoms with Crippen LogP contribution in [0.2, 0.25) is 0 Å². The van der Waals surface area contributed by atoms with Gasteiger partial charge in [0.05, 0.1) is 16.7 Å². The van der Waals surface area contributed by atoms with E-state index in [1.54, 1.807) is 0 Å². The zero-order valence-corrected chi connectivity index (χ0v) is 26.2. The van der Waals surface area contributed by atoms with Gasteiger partial charge in [0.25, 0.3) is 0 Å². The van der Waals surface area contributed by atoms with Crippen molar-refractivity contribution in [3.05, 3.63) is 158 Å². The summed E-state index contributed by atoms with van der Waals surface area (Å²) in [6.07, 6.45) is 0. The van der Waals surface area contributed by atoms with Crippen LogP contribution in [0.5, 0.6) is 0 Å². The van der Waals surface area contributed by atoms with Gasteiger partial charge in [0, 0.05) is 26.4 Å². The van der Waals surface area contributed by atoms with Gasteiger partial charge in [-0.05, 0) is 69.8 Å². The van der Waals surface area contributed by atoms with Crippen LogP contribution in [0.15, 0.2) is 167 Å². The van der Waals surface area contributed by atoms with Gasteiger partial charge in [-0.3, -0.25) is 0 Å². The third kappa shape index (κ3) is 4.15. The maximum Gasteiger partial charge on any atom is 0.157 e. The summed E-state index contributed by atoms with van der Waals surface area (Å²) in [5, 5.41) is 8.76. The van der Waals surface area contributed by atoms with Gasteiger partial charge in [-0.15, -0.1) is 0 Å². The molecule has 7 aromatic carbocycles. The fourth-order valence-corrected chi connectivity index (χ4v) is 8.62. The van der Waals surface area contributed by atoms with Crippen LogP contribution < -0.4 is 5.32 Å². The molecule has 0 amide bonds. The topological polar surface area (TPSA) is 30.1 Å². The van der Waals surface area contributed by atoms with Gasteiger partial charge in [-0.2, -0.15) is 0 Å². The maximum absolute atomic E-state index is 6.49. The quantitative estimate of drug-likeness (QED) is 0.212. The molecule has 0 saturated carbocycles. The number of rotatable bonds is 4. The number of nitrogens with one attached hydrogen (secondary N) is 1. The van der Waals surface area contributed by atoms with Gasteiger partial charge in [0.2, 0.25) is 0 Å². The van der Waals surface area contributed by atoms with Crippen LogP contribution in [-0.4, -0.2) is 4.57 Å². The molecule has 0 radical (unpaired) electrons. The first kappa shape index (κ1) is 26.5. The largest absolute Gasteiger partial charge is 0.456 e. The second-order valence-electron chi connectivity index (χ2n) is 12.1. The van der Waals surface area contributed by atoms with Crippen LogP contribution in [0.3, 0.4) is 0 Å². The van der Waals surface area contributed by atoms with Crippen molar-refractivity contribution in [2.45, 2.75) is 10.4 Å². The molecule has 0 fully saturated rings. The van der Waals surface area contributed by atoms with Gasteiger partial charge in [0.1, 0.15) is 11.2 Å². The monoisotopic (exact) mass is 620 g/mol. The summed E-state index contributed by atoms with van der Waals surface area (Å²) in [6, 6.07) is 56.4. The summed E-state index contributed by atoms with van der Waals surface area (Å²) in [7, 11) is 0. The van der Waals surface area contributed by atoms with Crippen LogP contribution in [0.4, 0.5) is 5.69 Å². The van der Waals surface area contributed by atoms with Gasteiger partial charge >= 0.3 is 0 Å². The molecule has 9 aromatic rings. The van der Waals surface area contributed by atoms with Crippen molar-refractivity contribution in [1.82, 2.24) is 4.57 Å². The Morgan fingerprint density at radius 3 is 1.87 bits per heavy atom. The number of thioether (sulfide) groups is 1. The summed E-state index contributed by atoms with van der Waals surface area (Å²) in [4.78, 5) is 1.23. The summed E-state index contributed by atoms with van der Waals surface area (Å²) in [6.45, 7) is 0. The normalized spacial score (nSPS) is 14.3. The number of nitrogens with zero attached hydrogens (tertiary/aromatic N) is 1. The minimum absolute atomic E-state index is 0.0406. The lowest BCUT2D eigenvalue weighted by atomic mass is 9.98. The van der Waals surface area contributed by atoms with E-state index in [-0.39, 0.29) is 5.50 Å². The van der Waals surface area contributed by atoms with Gasteiger partial charge in [-0.25, -0.2) is 0 Å². The van der Waals surface area contributed by atoms with Gasteiger partial charge in [-0.1, -0.05) is 133 Å². The molecule has 1 atom stereocenters. The van der Waals surface area contributed by atoms with Crippen molar-refractivity contribution in [1.29, 1.82) is 0 Å². The molecule has 1 aliphatic heterocycles. The molecule has 3 heterocycles. The first-order valence-electron chi connectivity index (χ1n) is 16.0. The number of aromatic nitrogens is 1. The van der Waals surface area contributed by atoms with Crippen LogP contribution >= 0.6 is 11.8 Å². The molecule has 2 aromatic heterocycles. The smallest absolute Gasteiger partial charge is 0.157 e. The molecule has 1 N–H and O–H groups in total. The Hall–Kier alpha value is -5.71. The Morgan fingerprint density at radius 2 is 1.15 bits per heavy atom. The highest BCUT2D eigenvalue weighted by Crippen LogP contribution is 2.52. The number of anilines is 1. The lowest BCUT2D eigenvalue weighted by Crippen LogP contribution is -2.10. The molecule has 10 rings (SSSR count). The third-order valence-electron chi connectivity index (χ3n) is 9.46. The summed E-state index contributed by atoms with van der Waals surface area (Å²) < 4.78 is 8.98. The van der Waals surface area contributed by atoms with E-state index in [2.05, 4.69) is 168 Å². The molecule has 0 bridgehead atoms. The second kappa shape index (κ2) is 10.4. The van der Waals surface area contributed by atoms with Crippen molar-refractivity contribution < 1.29 is 4.42 Å². The minimum Gasteiger partial charge on any atom is -0.456 e. The van der Waals surface area contributed by atoms with E-state index >= 15 is 0 Å². The molecule has 47 heavy (non-hydrogen) atoms. The average Bonchev–Trinajstić information content (AvgIpc) is 3.83. The Bertz CT molecular complexity index is 2620. The average molecular weight is 621 g/mol. The molecule has 3 nitrogen and oxygen atoms in total. The summed E-state index contributed by atoms with van der Waals surface area (Å²) >= 11 is 1.87. The summed E-state index contributed by atoms with van der Waals surface area (Å²) in [5.41, 5.74) is 12.6. The van der Waals surface area contributed by atoms with E-state index < -0.39 is 0 Å². The molecule has 4 heteroatoms. The number of hydrogen-bond donors (Lipinski definition) is 1. The minimum atomic E-state index is -0.0406. The lowest BCUT2D eigenvalue weighted by Gasteiger charge is -2.17. The van der Waals surface area contributed by atoms with E-state index in [9.17, 15) is 0 Å². The molecule has 222 valence electrons. The first-order chi connectivity index (χ1) is 23.3. The van der Waals surface area contributed by atoms with Crippen LogP contribution in [0.1, 0.15) is 5.50 Å². The molecule has 0 aliphatic carbocycles. The Balaban J connectivity index is 1.16. The molecule has 1 unspecified atom stereocenters. The zero-order chi connectivity index (χ0) is 30.9. The SMILES string of the molecule is c1ccc(-c2ccc3c(c2)oc2ccc4c(c23)SC(n2c3cc(-c5ccccc5)ccc3c3c(-c5ccccc5)cccc32)N4)cc1. The highest BCUT2D eigenvalue weighted by molar-refractivity contribution is 8.00. The maximum atomic E-state index is 6.49. The fraction of sp³-hybridized carbons (Fsp3) is 0.0233. The Morgan fingerprint density at radius 1 is 0.489 bits per heavy atom. The van der Waals surface area contributed by atoms with E-state index in [4.69, 9.17) is 4.42 Å². The van der Waals surface area contributed by atoms with Crippen molar-refractivity contribution in [3.8, 4) is 33.4 Å². The first-order valence-corrected chi connectivity index (χ1v) is 16.8. The molecule has 0 spiro atoms. The zero-order valence-electron chi connectivity index (χ0n) is 25.4. The standard InChI is InChI=1S/C43H28N2OS/c1-4-11-27(12-5-1)30-19-21-33-37(25-30)45(36-18-10-17-32(40(33)36)29-15-8-3-9-16-29)43-44-35-23-24-38-41(42(35)47-43)34-22-20-31(26-39(34)46-38)28-13-6-2-7-14-28/h1-26,43-44H. The molecule has 0 saturated heterocycles. The van der Waals surface area contributed by atoms with Crippen LogP contribution in [-0.2, 0) is 0 Å². The van der Waals surface area contributed by atoms with Crippen molar-refractivity contribution in [2.75, 3.05) is 5.32 Å².